The Morgan fingerprint density at radius 2 is 2.24 bits per heavy atom. The van der Waals surface area contributed by atoms with E-state index >= 15 is 0 Å². The number of nitrogens with zero attached hydrogens (tertiary/aromatic N) is 2. The highest BCUT2D eigenvalue weighted by Gasteiger charge is 2.33. The molecule has 1 aliphatic rings. The lowest BCUT2D eigenvalue weighted by Crippen LogP contribution is -2.39. The molecule has 90 valence electrons. The van der Waals surface area contributed by atoms with Crippen molar-refractivity contribution in [3.8, 4) is 6.07 Å². The van der Waals surface area contributed by atoms with Crippen LogP contribution in [-0.4, -0.2) is 19.6 Å². The van der Waals surface area contributed by atoms with E-state index in [0.717, 1.165) is 5.69 Å². The van der Waals surface area contributed by atoms with E-state index < -0.39 is 0 Å². The maximum absolute atomic E-state index is 13.4. The largest absolute Gasteiger partial charge is 0.370 e. The number of rotatable bonds is 4. The molecule has 3 nitrogen and oxygen atoms in total. The molecule has 1 aromatic rings. The molecule has 0 saturated heterocycles. The Morgan fingerprint density at radius 3 is 2.76 bits per heavy atom. The minimum absolute atomic E-state index is 0.239. The molecular formula is C13H16FN3. The molecule has 0 amide bonds. The Morgan fingerprint density at radius 1 is 1.53 bits per heavy atom. The van der Waals surface area contributed by atoms with E-state index in [9.17, 15) is 4.39 Å². The number of hydrogen-bond donors (Lipinski definition) is 1. The lowest BCUT2D eigenvalue weighted by atomic mass is 10.1. The zero-order chi connectivity index (χ0) is 12.4. The number of likely N-dealkylation sites (N-methyl/N-ethyl adjacent to an activating group) is 1. The predicted molar refractivity (Wildman–Crippen MR) is 65.1 cm³/mol. The lowest BCUT2D eigenvalue weighted by molar-refractivity contribution is 0.567. The third-order valence-corrected chi connectivity index (χ3v) is 3.32. The minimum Gasteiger partial charge on any atom is -0.370 e. The van der Waals surface area contributed by atoms with Crippen LogP contribution < -0.4 is 10.6 Å². The molecule has 1 fully saturated rings. The standard InChI is InChI=1S/C13H16FN3/c1-17(13(8-16)10-2-3-10)12-5-9(7-15)4-11(14)6-12/h4-6,10,13H,2-3,8,16H2,1H3. The number of benzene rings is 1. The summed E-state index contributed by atoms with van der Waals surface area (Å²) in [5.41, 5.74) is 6.83. The molecule has 1 saturated carbocycles. The van der Waals surface area contributed by atoms with E-state index in [1.807, 2.05) is 18.0 Å². The molecule has 0 spiro atoms. The van der Waals surface area contributed by atoms with Crippen LogP contribution in [-0.2, 0) is 0 Å². The molecule has 17 heavy (non-hydrogen) atoms. The van der Waals surface area contributed by atoms with Crippen LogP contribution in [0.2, 0.25) is 0 Å². The maximum atomic E-state index is 13.4. The van der Waals surface area contributed by atoms with Crippen molar-refractivity contribution in [2.75, 3.05) is 18.5 Å². The van der Waals surface area contributed by atoms with E-state index in [2.05, 4.69) is 0 Å². The molecule has 1 atom stereocenters. The van der Waals surface area contributed by atoms with E-state index in [-0.39, 0.29) is 11.9 Å². The van der Waals surface area contributed by atoms with Gasteiger partial charge in [0.25, 0.3) is 0 Å². The van der Waals surface area contributed by atoms with Gasteiger partial charge in [0.1, 0.15) is 5.82 Å². The van der Waals surface area contributed by atoms with E-state index in [4.69, 9.17) is 11.0 Å². The van der Waals surface area contributed by atoms with Crippen LogP contribution >= 0.6 is 0 Å². The molecule has 2 rings (SSSR count). The highest BCUT2D eigenvalue weighted by Crippen LogP contribution is 2.36. The summed E-state index contributed by atoms with van der Waals surface area (Å²) >= 11 is 0. The summed E-state index contributed by atoms with van der Waals surface area (Å²) in [7, 11) is 1.91. The average molecular weight is 233 g/mol. The Labute approximate surface area is 101 Å². The van der Waals surface area contributed by atoms with Crippen molar-refractivity contribution in [1.29, 1.82) is 5.26 Å². The van der Waals surface area contributed by atoms with Gasteiger partial charge in [0.2, 0.25) is 0 Å². The predicted octanol–water partition coefficient (Wildman–Crippen LogP) is 1.87. The first kappa shape index (κ1) is 11.9. The van der Waals surface area contributed by atoms with E-state index in [0.29, 0.717) is 18.0 Å². The first-order valence-electron chi connectivity index (χ1n) is 5.79. The van der Waals surface area contributed by atoms with Gasteiger partial charge in [0.15, 0.2) is 0 Å². The monoisotopic (exact) mass is 233 g/mol. The van der Waals surface area contributed by atoms with Crippen LogP contribution in [0.5, 0.6) is 0 Å². The van der Waals surface area contributed by atoms with Gasteiger partial charge in [-0.2, -0.15) is 5.26 Å². The van der Waals surface area contributed by atoms with Crippen molar-refractivity contribution in [3.05, 3.63) is 29.6 Å². The summed E-state index contributed by atoms with van der Waals surface area (Å²) in [6, 6.07) is 6.60. The summed E-state index contributed by atoms with van der Waals surface area (Å²) in [4.78, 5) is 1.99. The number of nitrogens with two attached hydrogens (primary N) is 1. The fraction of sp³-hybridized carbons (Fsp3) is 0.462. The van der Waals surface area contributed by atoms with Crippen LogP contribution in [0.4, 0.5) is 10.1 Å². The molecule has 1 aromatic carbocycles. The van der Waals surface area contributed by atoms with Gasteiger partial charge >= 0.3 is 0 Å². The van der Waals surface area contributed by atoms with Crippen molar-refractivity contribution < 1.29 is 4.39 Å². The van der Waals surface area contributed by atoms with Crippen molar-refractivity contribution in [3.63, 3.8) is 0 Å². The van der Waals surface area contributed by atoms with Crippen LogP contribution in [0.3, 0.4) is 0 Å². The summed E-state index contributed by atoms with van der Waals surface area (Å²) in [6.45, 7) is 0.555. The SMILES string of the molecule is CN(c1cc(F)cc(C#N)c1)C(CN)C1CC1. The molecular weight excluding hydrogens is 217 g/mol. The van der Waals surface area contributed by atoms with Gasteiger partial charge in [0, 0.05) is 25.3 Å². The first-order chi connectivity index (χ1) is 8.15. The Kier molecular flexibility index (Phi) is 3.30. The number of nitriles is 1. The highest BCUT2D eigenvalue weighted by atomic mass is 19.1. The van der Waals surface area contributed by atoms with Gasteiger partial charge in [-0.3, -0.25) is 0 Å². The van der Waals surface area contributed by atoms with E-state index in [1.54, 1.807) is 6.07 Å². The second-order valence-corrected chi connectivity index (χ2v) is 4.56. The zero-order valence-electron chi connectivity index (χ0n) is 9.86. The normalized spacial score (nSPS) is 16.4. The van der Waals surface area contributed by atoms with Crippen molar-refractivity contribution in [2.24, 2.45) is 11.7 Å². The smallest absolute Gasteiger partial charge is 0.126 e. The highest BCUT2D eigenvalue weighted by molar-refractivity contribution is 5.52. The Balaban J connectivity index is 2.26. The third kappa shape index (κ3) is 2.56. The van der Waals surface area contributed by atoms with E-state index in [1.165, 1.54) is 25.0 Å². The number of hydrogen-bond acceptors (Lipinski definition) is 3. The van der Waals surface area contributed by atoms with Gasteiger partial charge in [-0.1, -0.05) is 0 Å². The first-order valence-corrected chi connectivity index (χ1v) is 5.79. The third-order valence-electron chi connectivity index (χ3n) is 3.32. The second kappa shape index (κ2) is 4.72. The quantitative estimate of drug-likeness (QED) is 0.863. The van der Waals surface area contributed by atoms with Crippen LogP contribution in [0.1, 0.15) is 18.4 Å². The number of halogens is 1. The Bertz CT molecular complexity index is 448. The molecule has 0 heterocycles. The topological polar surface area (TPSA) is 53.0 Å². The summed E-state index contributed by atoms with van der Waals surface area (Å²) in [5.74, 6) is 0.233. The Hall–Kier alpha value is -1.60. The molecule has 0 radical (unpaired) electrons. The fourth-order valence-electron chi connectivity index (χ4n) is 2.18. The molecule has 0 bridgehead atoms. The average Bonchev–Trinajstić information content (AvgIpc) is 3.13. The van der Waals surface area contributed by atoms with Gasteiger partial charge in [-0.15, -0.1) is 0 Å². The van der Waals surface area contributed by atoms with Crippen molar-refractivity contribution in [1.82, 2.24) is 0 Å². The summed E-state index contributed by atoms with van der Waals surface area (Å²) < 4.78 is 13.4. The van der Waals surface area contributed by atoms with Crippen LogP contribution in [0.15, 0.2) is 18.2 Å². The minimum atomic E-state index is -0.377. The van der Waals surface area contributed by atoms with Gasteiger partial charge in [-0.25, -0.2) is 4.39 Å². The number of anilines is 1. The molecule has 1 aliphatic carbocycles. The van der Waals surface area contributed by atoms with Gasteiger partial charge < -0.3 is 10.6 Å². The van der Waals surface area contributed by atoms with Crippen LogP contribution in [0.25, 0.3) is 0 Å². The van der Waals surface area contributed by atoms with Crippen molar-refractivity contribution in [2.45, 2.75) is 18.9 Å². The molecule has 0 aromatic heterocycles. The van der Waals surface area contributed by atoms with Crippen LogP contribution in [0, 0.1) is 23.1 Å². The second-order valence-electron chi connectivity index (χ2n) is 4.56. The molecule has 1 unspecified atom stereocenters. The lowest BCUT2D eigenvalue weighted by Gasteiger charge is -2.29. The molecule has 0 aliphatic heterocycles. The van der Waals surface area contributed by atoms with Crippen molar-refractivity contribution >= 4 is 5.69 Å². The summed E-state index contributed by atoms with van der Waals surface area (Å²) in [6.07, 6.45) is 2.37. The van der Waals surface area contributed by atoms with Gasteiger partial charge in [-0.05, 0) is 37.0 Å². The maximum Gasteiger partial charge on any atom is 0.126 e. The summed E-state index contributed by atoms with van der Waals surface area (Å²) in [5, 5.41) is 8.83. The molecule has 2 N–H and O–H groups in total. The fourth-order valence-corrected chi connectivity index (χ4v) is 2.18. The van der Waals surface area contributed by atoms with Gasteiger partial charge in [0.05, 0.1) is 11.6 Å². The zero-order valence-corrected chi connectivity index (χ0v) is 9.86. The molecule has 4 heteroatoms.